The summed E-state index contributed by atoms with van der Waals surface area (Å²) in [6, 6.07) is 12.6. The highest BCUT2D eigenvalue weighted by Crippen LogP contribution is 2.20. The van der Waals surface area contributed by atoms with Crippen molar-refractivity contribution in [2.24, 2.45) is 0 Å². The lowest BCUT2D eigenvalue weighted by Gasteiger charge is -2.13. The highest BCUT2D eigenvalue weighted by Gasteiger charge is 2.08. The largest absolute Gasteiger partial charge is 0.491 e. The topological polar surface area (TPSA) is 77.6 Å². The van der Waals surface area contributed by atoms with Gasteiger partial charge in [0.1, 0.15) is 36.6 Å². The van der Waals surface area contributed by atoms with Gasteiger partial charge in [-0.1, -0.05) is 0 Å². The Morgan fingerprint density at radius 2 is 1.54 bits per heavy atom. The van der Waals surface area contributed by atoms with Crippen LogP contribution in [-0.4, -0.2) is 34.6 Å². The molecular formula is C17H15FN2O4. The Hall–Kier alpha value is -2.93. The van der Waals surface area contributed by atoms with Crippen LogP contribution in [0, 0.1) is 5.82 Å². The average molecular weight is 330 g/mol. The van der Waals surface area contributed by atoms with Crippen LogP contribution in [0.1, 0.15) is 0 Å². The van der Waals surface area contributed by atoms with Crippen LogP contribution in [0.4, 0.5) is 4.39 Å². The number of aliphatic hydroxyl groups is 1. The molecule has 3 rings (SSSR count). The summed E-state index contributed by atoms with van der Waals surface area (Å²) < 4.78 is 28.7. The molecule has 0 saturated carbocycles. The van der Waals surface area contributed by atoms with Gasteiger partial charge >= 0.3 is 0 Å². The van der Waals surface area contributed by atoms with E-state index in [9.17, 15) is 9.50 Å². The minimum absolute atomic E-state index is 0.0473. The summed E-state index contributed by atoms with van der Waals surface area (Å²) in [5.41, 5.74) is 0.778. The molecule has 0 aliphatic carbocycles. The Balaban J connectivity index is 1.45. The van der Waals surface area contributed by atoms with E-state index in [2.05, 4.69) is 10.2 Å². The first-order valence-corrected chi connectivity index (χ1v) is 7.26. The van der Waals surface area contributed by atoms with Crippen molar-refractivity contribution < 1.29 is 23.4 Å². The third kappa shape index (κ3) is 4.30. The minimum Gasteiger partial charge on any atom is -0.491 e. The molecule has 0 fully saturated rings. The number of ether oxygens (including phenoxy) is 2. The molecular weight excluding hydrogens is 315 g/mol. The molecule has 2 aromatic carbocycles. The zero-order valence-electron chi connectivity index (χ0n) is 12.6. The van der Waals surface area contributed by atoms with Gasteiger partial charge in [0, 0.05) is 5.56 Å². The summed E-state index contributed by atoms with van der Waals surface area (Å²) in [6.45, 7) is 0.118. The van der Waals surface area contributed by atoms with Gasteiger partial charge in [-0.25, -0.2) is 4.39 Å². The first kappa shape index (κ1) is 15.9. The number of rotatable bonds is 7. The van der Waals surface area contributed by atoms with E-state index in [1.165, 1.54) is 30.7 Å². The molecule has 1 aromatic heterocycles. The Morgan fingerprint density at radius 3 is 2.08 bits per heavy atom. The van der Waals surface area contributed by atoms with Crippen LogP contribution in [0.25, 0.3) is 11.5 Å². The van der Waals surface area contributed by atoms with Crippen LogP contribution in [0.2, 0.25) is 0 Å². The molecule has 0 saturated heterocycles. The van der Waals surface area contributed by atoms with Gasteiger partial charge in [0.15, 0.2) is 0 Å². The van der Waals surface area contributed by atoms with E-state index in [-0.39, 0.29) is 19.0 Å². The van der Waals surface area contributed by atoms with Gasteiger partial charge in [-0.05, 0) is 48.5 Å². The monoisotopic (exact) mass is 330 g/mol. The second-order valence-electron chi connectivity index (χ2n) is 5.00. The Morgan fingerprint density at radius 1 is 0.958 bits per heavy atom. The summed E-state index contributed by atoms with van der Waals surface area (Å²) in [6.07, 6.45) is 0.447. The second kappa shape index (κ2) is 7.56. The first-order chi connectivity index (χ1) is 11.7. The summed E-state index contributed by atoms with van der Waals surface area (Å²) in [5.74, 6) is 1.17. The predicted molar refractivity (Wildman–Crippen MR) is 83.1 cm³/mol. The molecule has 1 heterocycles. The maximum absolute atomic E-state index is 12.8. The molecule has 7 heteroatoms. The maximum atomic E-state index is 12.8. The number of hydrogen-bond acceptors (Lipinski definition) is 6. The van der Waals surface area contributed by atoms with Gasteiger partial charge in [0.05, 0.1) is 0 Å². The molecule has 124 valence electrons. The Kier molecular flexibility index (Phi) is 5.02. The highest BCUT2D eigenvalue weighted by atomic mass is 19.1. The summed E-state index contributed by atoms with van der Waals surface area (Å²) >= 11 is 0. The second-order valence-corrected chi connectivity index (χ2v) is 5.00. The average Bonchev–Trinajstić information content (AvgIpc) is 3.14. The molecule has 24 heavy (non-hydrogen) atoms. The Labute approximate surface area is 137 Å². The van der Waals surface area contributed by atoms with Crippen LogP contribution in [0.3, 0.4) is 0 Å². The number of hydrogen-bond donors (Lipinski definition) is 1. The van der Waals surface area contributed by atoms with Crippen molar-refractivity contribution in [3.8, 4) is 23.0 Å². The van der Waals surface area contributed by atoms with Gasteiger partial charge in [-0.2, -0.15) is 0 Å². The lowest BCUT2D eigenvalue weighted by atomic mass is 10.2. The molecule has 1 N–H and O–H groups in total. The molecule has 0 aliphatic rings. The highest BCUT2D eigenvalue weighted by molar-refractivity contribution is 5.53. The van der Waals surface area contributed by atoms with Gasteiger partial charge in [-0.3, -0.25) is 0 Å². The van der Waals surface area contributed by atoms with E-state index in [4.69, 9.17) is 13.9 Å². The van der Waals surface area contributed by atoms with Crippen molar-refractivity contribution >= 4 is 0 Å². The van der Waals surface area contributed by atoms with Crippen molar-refractivity contribution in [1.82, 2.24) is 10.2 Å². The van der Waals surface area contributed by atoms with E-state index in [1.54, 1.807) is 24.3 Å². The third-order valence-corrected chi connectivity index (χ3v) is 3.16. The molecule has 0 radical (unpaired) electrons. The van der Waals surface area contributed by atoms with Gasteiger partial charge < -0.3 is 19.0 Å². The van der Waals surface area contributed by atoms with Gasteiger partial charge in [-0.15, -0.1) is 10.2 Å². The molecule has 1 unspecified atom stereocenters. The van der Waals surface area contributed by atoms with E-state index in [1.807, 2.05) is 0 Å². The quantitative estimate of drug-likeness (QED) is 0.718. The summed E-state index contributed by atoms with van der Waals surface area (Å²) in [4.78, 5) is 0. The first-order valence-electron chi connectivity index (χ1n) is 7.26. The number of aromatic nitrogens is 2. The maximum Gasteiger partial charge on any atom is 0.247 e. The fourth-order valence-electron chi connectivity index (χ4n) is 1.96. The third-order valence-electron chi connectivity index (χ3n) is 3.16. The van der Waals surface area contributed by atoms with Gasteiger partial charge in [0.2, 0.25) is 12.3 Å². The van der Waals surface area contributed by atoms with E-state index in [0.717, 1.165) is 5.56 Å². The van der Waals surface area contributed by atoms with Crippen LogP contribution in [0.5, 0.6) is 11.5 Å². The molecule has 3 aromatic rings. The van der Waals surface area contributed by atoms with Crippen molar-refractivity contribution in [2.45, 2.75) is 6.10 Å². The smallest absolute Gasteiger partial charge is 0.247 e. The zero-order chi connectivity index (χ0) is 16.8. The lowest BCUT2D eigenvalue weighted by Crippen LogP contribution is -2.25. The lowest BCUT2D eigenvalue weighted by molar-refractivity contribution is 0.0626. The molecule has 6 nitrogen and oxygen atoms in total. The number of benzene rings is 2. The zero-order valence-corrected chi connectivity index (χ0v) is 12.6. The predicted octanol–water partition coefficient (Wildman–Crippen LogP) is 2.69. The standard InChI is InChI=1S/C17H15FN2O4/c18-13-3-7-16(8-4-13)23-10-14(21)9-22-15-5-1-12(2-6-15)17-20-19-11-24-17/h1-8,11,14,21H,9-10H2. The van der Waals surface area contributed by atoms with E-state index >= 15 is 0 Å². The van der Waals surface area contributed by atoms with E-state index in [0.29, 0.717) is 17.4 Å². The van der Waals surface area contributed by atoms with Crippen LogP contribution in [-0.2, 0) is 0 Å². The molecule has 0 amide bonds. The van der Waals surface area contributed by atoms with Crippen LogP contribution in [0.15, 0.2) is 59.3 Å². The SMILES string of the molecule is OC(COc1ccc(F)cc1)COc1ccc(-c2nnco2)cc1. The molecule has 1 atom stereocenters. The minimum atomic E-state index is -0.814. The van der Waals surface area contributed by atoms with Crippen molar-refractivity contribution in [1.29, 1.82) is 0 Å². The molecule has 0 aliphatic heterocycles. The molecule has 0 spiro atoms. The normalized spacial score (nSPS) is 11.9. The fraction of sp³-hybridized carbons (Fsp3) is 0.176. The van der Waals surface area contributed by atoms with Crippen molar-refractivity contribution in [3.05, 3.63) is 60.7 Å². The Bertz CT molecular complexity index is 745. The van der Waals surface area contributed by atoms with Crippen LogP contribution >= 0.6 is 0 Å². The number of nitrogens with zero attached hydrogens (tertiary/aromatic N) is 2. The number of halogens is 1. The molecule has 0 bridgehead atoms. The number of aliphatic hydroxyl groups excluding tert-OH is 1. The van der Waals surface area contributed by atoms with E-state index < -0.39 is 6.10 Å². The van der Waals surface area contributed by atoms with Crippen molar-refractivity contribution in [2.75, 3.05) is 13.2 Å². The van der Waals surface area contributed by atoms with Crippen LogP contribution < -0.4 is 9.47 Å². The van der Waals surface area contributed by atoms with Gasteiger partial charge in [0.25, 0.3) is 0 Å². The fourth-order valence-corrected chi connectivity index (χ4v) is 1.96. The summed E-state index contributed by atoms with van der Waals surface area (Å²) in [7, 11) is 0. The summed E-state index contributed by atoms with van der Waals surface area (Å²) in [5, 5.41) is 17.3. The van der Waals surface area contributed by atoms with Crippen molar-refractivity contribution in [3.63, 3.8) is 0 Å².